The summed E-state index contributed by atoms with van der Waals surface area (Å²) < 4.78 is 2.14. The number of benzene rings is 2. The fourth-order valence-corrected chi connectivity index (χ4v) is 2.64. The van der Waals surface area contributed by atoms with Crippen LogP contribution in [0.2, 0.25) is 0 Å². The van der Waals surface area contributed by atoms with Crippen molar-refractivity contribution in [2.75, 3.05) is 5.32 Å². The van der Waals surface area contributed by atoms with Crippen LogP contribution in [0.15, 0.2) is 48.7 Å². The molecule has 3 heteroatoms. The van der Waals surface area contributed by atoms with E-state index in [1.807, 2.05) is 25.1 Å². The zero-order valence-electron chi connectivity index (χ0n) is 12.2. The largest absolute Gasteiger partial charge is 0.381 e. The van der Waals surface area contributed by atoms with Crippen LogP contribution in [0, 0.1) is 18.3 Å². The van der Waals surface area contributed by atoms with Gasteiger partial charge in [-0.05, 0) is 36.2 Å². The van der Waals surface area contributed by atoms with E-state index in [1.54, 1.807) is 0 Å². The van der Waals surface area contributed by atoms with Crippen molar-refractivity contribution < 1.29 is 0 Å². The Morgan fingerprint density at radius 2 is 2.00 bits per heavy atom. The number of aryl methyl sites for hydroxylation is 2. The normalized spacial score (nSPS) is 10.5. The molecule has 3 nitrogen and oxygen atoms in total. The van der Waals surface area contributed by atoms with E-state index < -0.39 is 0 Å². The third-order valence-corrected chi connectivity index (χ3v) is 3.82. The van der Waals surface area contributed by atoms with Crippen LogP contribution in [-0.4, -0.2) is 4.57 Å². The fraction of sp³-hybridized carbons (Fsp3) is 0.167. The second-order valence-corrected chi connectivity index (χ2v) is 5.28. The lowest BCUT2D eigenvalue weighted by molar-refractivity contribution is 0.955. The Morgan fingerprint density at radius 1 is 1.19 bits per heavy atom. The smallest absolute Gasteiger partial charge is 0.0992 e. The first kappa shape index (κ1) is 13.3. The van der Waals surface area contributed by atoms with Gasteiger partial charge in [-0.15, -0.1) is 0 Å². The second kappa shape index (κ2) is 5.34. The van der Waals surface area contributed by atoms with Gasteiger partial charge in [0, 0.05) is 36.4 Å². The van der Waals surface area contributed by atoms with Crippen molar-refractivity contribution in [3.05, 3.63) is 65.4 Å². The number of nitrogens with zero attached hydrogens (tertiary/aromatic N) is 2. The summed E-state index contributed by atoms with van der Waals surface area (Å²) in [4.78, 5) is 0. The number of aromatic nitrogens is 1. The van der Waals surface area contributed by atoms with E-state index in [4.69, 9.17) is 5.26 Å². The van der Waals surface area contributed by atoms with Gasteiger partial charge < -0.3 is 9.88 Å². The van der Waals surface area contributed by atoms with E-state index in [1.165, 1.54) is 16.5 Å². The molecule has 0 saturated heterocycles. The molecule has 0 aliphatic rings. The highest BCUT2D eigenvalue weighted by Crippen LogP contribution is 2.23. The molecule has 3 aromatic rings. The molecule has 21 heavy (non-hydrogen) atoms. The predicted octanol–water partition coefficient (Wildman–Crippen LogP) is 3.97. The van der Waals surface area contributed by atoms with Crippen molar-refractivity contribution in [3.8, 4) is 6.07 Å². The Hall–Kier alpha value is -2.73. The average molecular weight is 275 g/mol. The van der Waals surface area contributed by atoms with Gasteiger partial charge in [-0.1, -0.05) is 24.3 Å². The molecule has 0 fully saturated rings. The first-order chi connectivity index (χ1) is 10.2. The average Bonchev–Trinajstić information content (AvgIpc) is 2.83. The first-order valence-corrected chi connectivity index (χ1v) is 6.96. The minimum Gasteiger partial charge on any atom is -0.381 e. The van der Waals surface area contributed by atoms with Crippen molar-refractivity contribution >= 4 is 16.6 Å². The Labute approximate surface area is 124 Å². The van der Waals surface area contributed by atoms with E-state index in [0.29, 0.717) is 5.56 Å². The summed E-state index contributed by atoms with van der Waals surface area (Å²) in [6, 6.07) is 16.3. The van der Waals surface area contributed by atoms with Gasteiger partial charge in [0.2, 0.25) is 0 Å². The Morgan fingerprint density at radius 3 is 2.81 bits per heavy atom. The predicted molar refractivity (Wildman–Crippen MR) is 86.1 cm³/mol. The molecule has 0 amide bonds. The monoisotopic (exact) mass is 275 g/mol. The first-order valence-electron chi connectivity index (χ1n) is 6.96. The highest BCUT2D eigenvalue weighted by atomic mass is 14.9. The van der Waals surface area contributed by atoms with Crippen LogP contribution in [0.1, 0.15) is 16.7 Å². The maximum absolute atomic E-state index is 9.00. The molecule has 104 valence electrons. The molecule has 2 aromatic carbocycles. The van der Waals surface area contributed by atoms with Crippen LogP contribution in [0.3, 0.4) is 0 Å². The van der Waals surface area contributed by atoms with Gasteiger partial charge >= 0.3 is 0 Å². The zero-order valence-corrected chi connectivity index (χ0v) is 12.2. The Bertz CT molecular complexity index is 837. The summed E-state index contributed by atoms with van der Waals surface area (Å²) >= 11 is 0. The lowest BCUT2D eigenvalue weighted by Gasteiger charge is -2.09. The third-order valence-electron chi connectivity index (χ3n) is 3.82. The molecule has 1 N–H and O–H groups in total. The maximum Gasteiger partial charge on any atom is 0.0992 e. The number of nitriles is 1. The van der Waals surface area contributed by atoms with Crippen molar-refractivity contribution in [1.82, 2.24) is 4.57 Å². The van der Waals surface area contributed by atoms with Gasteiger partial charge in [-0.2, -0.15) is 5.26 Å². The molecular formula is C18H17N3. The van der Waals surface area contributed by atoms with Crippen molar-refractivity contribution in [1.29, 1.82) is 5.26 Å². The minimum absolute atomic E-state index is 0.681. The summed E-state index contributed by atoms with van der Waals surface area (Å²) in [6.45, 7) is 2.80. The van der Waals surface area contributed by atoms with Crippen molar-refractivity contribution in [2.45, 2.75) is 13.5 Å². The molecule has 0 unspecified atom stereocenters. The van der Waals surface area contributed by atoms with Crippen LogP contribution in [-0.2, 0) is 13.6 Å². The third kappa shape index (κ3) is 2.48. The molecule has 0 aliphatic carbocycles. The van der Waals surface area contributed by atoms with Gasteiger partial charge in [0.05, 0.1) is 11.6 Å². The summed E-state index contributed by atoms with van der Waals surface area (Å²) in [5, 5.41) is 13.7. The molecule has 0 radical (unpaired) electrons. The van der Waals surface area contributed by atoms with Gasteiger partial charge in [-0.3, -0.25) is 0 Å². The summed E-state index contributed by atoms with van der Waals surface area (Å²) in [7, 11) is 2.06. The molecular weight excluding hydrogens is 258 g/mol. The summed E-state index contributed by atoms with van der Waals surface area (Å²) in [5.41, 5.74) is 5.34. The van der Waals surface area contributed by atoms with E-state index in [9.17, 15) is 0 Å². The van der Waals surface area contributed by atoms with Crippen molar-refractivity contribution in [3.63, 3.8) is 0 Å². The molecule has 0 spiro atoms. The molecule has 0 atom stereocenters. The van der Waals surface area contributed by atoms with E-state index in [2.05, 4.69) is 53.5 Å². The van der Waals surface area contributed by atoms with Crippen LogP contribution in [0.4, 0.5) is 5.69 Å². The maximum atomic E-state index is 9.00. The minimum atomic E-state index is 0.681. The standard InChI is InChI=1S/C18H17N3/c1-13-7-8-14(10-19)9-17(13)20-11-15-12-21(2)18-6-4-3-5-16(15)18/h3-9,12,20H,11H2,1-2H3. The molecule has 0 bridgehead atoms. The van der Waals surface area contributed by atoms with E-state index >= 15 is 0 Å². The van der Waals surface area contributed by atoms with E-state index in [-0.39, 0.29) is 0 Å². The Balaban J connectivity index is 1.89. The van der Waals surface area contributed by atoms with Gasteiger partial charge in [0.25, 0.3) is 0 Å². The number of hydrogen-bond acceptors (Lipinski definition) is 2. The van der Waals surface area contributed by atoms with Gasteiger partial charge in [0.15, 0.2) is 0 Å². The molecule has 3 rings (SSSR count). The quantitative estimate of drug-likeness (QED) is 0.785. The molecule has 1 aromatic heterocycles. The van der Waals surface area contributed by atoms with Crippen LogP contribution >= 0.6 is 0 Å². The highest BCUT2D eigenvalue weighted by Gasteiger charge is 2.06. The number of fused-ring (bicyclic) bond motifs is 1. The molecule has 1 heterocycles. The number of hydrogen-bond donors (Lipinski definition) is 1. The summed E-state index contributed by atoms with van der Waals surface area (Å²) in [5.74, 6) is 0. The molecule has 0 saturated carbocycles. The van der Waals surface area contributed by atoms with Gasteiger partial charge in [-0.25, -0.2) is 0 Å². The lowest BCUT2D eigenvalue weighted by atomic mass is 10.1. The molecule has 0 aliphatic heterocycles. The number of nitrogens with one attached hydrogen (secondary N) is 1. The fourth-order valence-electron chi connectivity index (χ4n) is 2.64. The van der Waals surface area contributed by atoms with Crippen LogP contribution in [0.25, 0.3) is 10.9 Å². The van der Waals surface area contributed by atoms with Crippen LogP contribution < -0.4 is 5.32 Å². The van der Waals surface area contributed by atoms with Crippen LogP contribution in [0.5, 0.6) is 0 Å². The second-order valence-electron chi connectivity index (χ2n) is 5.28. The number of rotatable bonds is 3. The van der Waals surface area contributed by atoms with Gasteiger partial charge in [0.1, 0.15) is 0 Å². The number of anilines is 1. The van der Waals surface area contributed by atoms with Crippen molar-refractivity contribution in [2.24, 2.45) is 7.05 Å². The topological polar surface area (TPSA) is 40.8 Å². The number of para-hydroxylation sites is 1. The van der Waals surface area contributed by atoms with E-state index in [0.717, 1.165) is 17.8 Å². The Kier molecular flexibility index (Phi) is 3.37. The SMILES string of the molecule is Cc1ccc(C#N)cc1NCc1cn(C)c2ccccc12. The highest BCUT2D eigenvalue weighted by molar-refractivity contribution is 5.84. The summed E-state index contributed by atoms with van der Waals surface area (Å²) in [6.07, 6.45) is 2.15. The zero-order chi connectivity index (χ0) is 14.8. The lowest BCUT2D eigenvalue weighted by Crippen LogP contribution is -2.01.